The maximum atomic E-state index is 4.40. The molecule has 0 aliphatic heterocycles. The number of hydrogen-bond donors (Lipinski definition) is 1. The van der Waals surface area contributed by atoms with Crippen LogP contribution in [-0.4, -0.2) is 14.8 Å². The fourth-order valence-electron chi connectivity index (χ4n) is 2.65. The molecule has 0 radical (unpaired) electrons. The van der Waals surface area contributed by atoms with Crippen molar-refractivity contribution in [3.63, 3.8) is 0 Å². The van der Waals surface area contributed by atoms with Crippen LogP contribution in [0, 0.1) is 0 Å². The largest absolute Gasteiger partial charge is 0.331 e. The topological polar surface area (TPSA) is 42.7 Å². The molecule has 1 heterocycles. The van der Waals surface area contributed by atoms with Crippen LogP contribution in [0.1, 0.15) is 44.3 Å². The third-order valence-corrected chi connectivity index (χ3v) is 3.60. The number of hydrogen-bond acceptors (Lipinski definition) is 3. The van der Waals surface area contributed by atoms with E-state index in [9.17, 15) is 0 Å². The molecule has 1 aromatic rings. The van der Waals surface area contributed by atoms with Crippen LogP contribution in [-0.2, 0) is 0 Å². The molecule has 0 amide bonds. The summed E-state index contributed by atoms with van der Waals surface area (Å²) in [6.45, 7) is 9.44. The molecular weight excluding hydrogens is 248 g/mol. The molecule has 0 saturated heterocycles. The van der Waals surface area contributed by atoms with E-state index in [2.05, 4.69) is 39.3 Å². The van der Waals surface area contributed by atoms with Gasteiger partial charge in [0.05, 0.1) is 0 Å². The molecule has 4 heteroatoms. The van der Waals surface area contributed by atoms with E-state index in [1.165, 1.54) is 25.7 Å². The first-order chi connectivity index (χ1) is 9.81. The summed E-state index contributed by atoms with van der Waals surface area (Å²) < 4.78 is 2.08. The number of aromatic nitrogens is 3. The molecule has 106 valence electrons. The van der Waals surface area contributed by atoms with Gasteiger partial charge in [-0.15, -0.1) is 10.2 Å². The Morgan fingerprint density at radius 3 is 2.65 bits per heavy atom. The molecule has 1 saturated carbocycles. The smallest absolute Gasteiger partial charge is 0.233 e. The summed E-state index contributed by atoms with van der Waals surface area (Å²) in [5.41, 5.74) is 1.04. The van der Waals surface area contributed by atoms with E-state index in [0.29, 0.717) is 11.9 Å². The molecule has 1 fully saturated rings. The predicted octanol–water partition coefficient (Wildman–Crippen LogP) is 4.09. The molecule has 20 heavy (non-hydrogen) atoms. The molecule has 1 N–H and O–H groups in total. The van der Waals surface area contributed by atoms with E-state index >= 15 is 0 Å². The van der Waals surface area contributed by atoms with Gasteiger partial charge in [-0.25, -0.2) is 0 Å². The van der Waals surface area contributed by atoms with Gasteiger partial charge in [-0.1, -0.05) is 44.2 Å². The molecule has 0 unspecified atom stereocenters. The quantitative estimate of drug-likeness (QED) is 0.791. The van der Waals surface area contributed by atoms with Gasteiger partial charge in [0.25, 0.3) is 0 Å². The second kappa shape index (κ2) is 6.89. The van der Waals surface area contributed by atoms with E-state index in [-0.39, 0.29) is 0 Å². The van der Waals surface area contributed by atoms with Gasteiger partial charge in [0.15, 0.2) is 0 Å². The average Bonchev–Trinajstić information content (AvgIpc) is 3.10. The summed E-state index contributed by atoms with van der Waals surface area (Å²) in [5, 5.41) is 11.7. The number of anilines is 1. The Kier molecular flexibility index (Phi) is 4.93. The lowest BCUT2D eigenvalue weighted by Gasteiger charge is -2.14. The Morgan fingerprint density at radius 1 is 1.30 bits per heavy atom. The lowest BCUT2D eigenvalue weighted by atomic mass is 10.1. The van der Waals surface area contributed by atoms with E-state index < -0.39 is 0 Å². The normalized spacial score (nSPS) is 16.8. The number of rotatable bonds is 6. The second-order valence-corrected chi connectivity index (χ2v) is 4.86. The molecule has 0 atom stereocenters. The third kappa shape index (κ3) is 2.90. The van der Waals surface area contributed by atoms with Crippen molar-refractivity contribution in [2.24, 2.45) is 0 Å². The maximum absolute atomic E-state index is 4.40. The van der Waals surface area contributed by atoms with Crippen molar-refractivity contribution >= 4 is 11.6 Å². The van der Waals surface area contributed by atoms with Crippen molar-refractivity contribution in [3.05, 3.63) is 49.5 Å². The highest BCUT2D eigenvalue weighted by Crippen LogP contribution is 2.35. The van der Waals surface area contributed by atoms with E-state index in [0.717, 1.165) is 11.5 Å². The minimum atomic E-state index is 0.495. The first kappa shape index (κ1) is 14.3. The van der Waals surface area contributed by atoms with Gasteiger partial charge in [-0.05, 0) is 32.0 Å². The van der Waals surface area contributed by atoms with Crippen molar-refractivity contribution in [1.82, 2.24) is 14.8 Å². The molecule has 4 nitrogen and oxygen atoms in total. The molecule has 1 aliphatic carbocycles. The molecule has 2 rings (SSSR count). The highest BCUT2D eigenvalue weighted by Gasteiger charge is 2.25. The van der Waals surface area contributed by atoms with Crippen LogP contribution in [0.15, 0.2) is 43.7 Å². The fourth-order valence-corrected chi connectivity index (χ4v) is 2.65. The Labute approximate surface area is 120 Å². The van der Waals surface area contributed by atoms with Crippen LogP contribution < -0.4 is 5.32 Å². The van der Waals surface area contributed by atoms with Crippen LogP contribution in [0.25, 0.3) is 5.70 Å². The van der Waals surface area contributed by atoms with Gasteiger partial charge in [0.1, 0.15) is 5.82 Å². The Balaban J connectivity index is 2.44. The van der Waals surface area contributed by atoms with E-state index in [1.54, 1.807) is 12.3 Å². The van der Waals surface area contributed by atoms with Crippen molar-refractivity contribution in [3.8, 4) is 0 Å². The maximum Gasteiger partial charge on any atom is 0.233 e. The SMILES string of the molecule is C=C/C=C\C(=C/C)n1c(NC=C)nnc1C1CCCC1. The summed E-state index contributed by atoms with van der Waals surface area (Å²) in [6, 6.07) is 0. The first-order valence-electron chi connectivity index (χ1n) is 7.10. The van der Waals surface area contributed by atoms with Gasteiger partial charge in [-0.2, -0.15) is 0 Å². The van der Waals surface area contributed by atoms with E-state index in [4.69, 9.17) is 0 Å². The summed E-state index contributed by atoms with van der Waals surface area (Å²) in [4.78, 5) is 0. The molecule has 0 spiro atoms. The summed E-state index contributed by atoms with van der Waals surface area (Å²) >= 11 is 0. The predicted molar refractivity (Wildman–Crippen MR) is 84.3 cm³/mol. The minimum absolute atomic E-state index is 0.495. The van der Waals surface area contributed by atoms with Crippen molar-refractivity contribution in [2.45, 2.75) is 38.5 Å². The van der Waals surface area contributed by atoms with Crippen LogP contribution in [0.4, 0.5) is 5.95 Å². The highest BCUT2D eigenvalue weighted by molar-refractivity contribution is 5.62. The Bertz CT molecular complexity index is 531. The lowest BCUT2D eigenvalue weighted by Crippen LogP contribution is -2.08. The van der Waals surface area contributed by atoms with Crippen LogP contribution in [0.5, 0.6) is 0 Å². The lowest BCUT2D eigenvalue weighted by molar-refractivity contribution is 0.654. The Morgan fingerprint density at radius 2 is 2.05 bits per heavy atom. The monoisotopic (exact) mass is 270 g/mol. The number of nitrogens with one attached hydrogen (secondary N) is 1. The van der Waals surface area contributed by atoms with Crippen molar-refractivity contribution in [2.75, 3.05) is 5.32 Å². The van der Waals surface area contributed by atoms with Crippen molar-refractivity contribution in [1.29, 1.82) is 0 Å². The zero-order valence-corrected chi connectivity index (χ0v) is 12.0. The molecule has 0 aromatic carbocycles. The molecule has 1 aromatic heterocycles. The van der Waals surface area contributed by atoms with Gasteiger partial charge in [0, 0.05) is 11.6 Å². The van der Waals surface area contributed by atoms with Gasteiger partial charge in [0.2, 0.25) is 5.95 Å². The summed E-state index contributed by atoms with van der Waals surface area (Å²) in [6.07, 6.45) is 14.3. The molecule has 0 bridgehead atoms. The van der Waals surface area contributed by atoms with Gasteiger partial charge >= 0.3 is 0 Å². The second-order valence-electron chi connectivity index (χ2n) is 4.86. The summed E-state index contributed by atoms with van der Waals surface area (Å²) in [7, 11) is 0. The summed E-state index contributed by atoms with van der Waals surface area (Å²) in [5.74, 6) is 2.24. The first-order valence-corrected chi connectivity index (χ1v) is 7.10. The Hall–Kier alpha value is -2.10. The molecular formula is C16H22N4. The zero-order chi connectivity index (χ0) is 14.4. The van der Waals surface area contributed by atoms with E-state index in [1.807, 2.05) is 19.1 Å². The van der Waals surface area contributed by atoms with Crippen LogP contribution in [0.2, 0.25) is 0 Å². The van der Waals surface area contributed by atoms with Gasteiger partial charge < -0.3 is 5.32 Å². The fraction of sp³-hybridized carbons (Fsp3) is 0.375. The number of allylic oxidation sites excluding steroid dienone is 5. The highest BCUT2D eigenvalue weighted by atomic mass is 15.4. The minimum Gasteiger partial charge on any atom is -0.331 e. The average molecular weight is 270 g/mol. The van der Waals surface area contributed by atoms with Crippen LogP contribution in [0.3, 0.4) is 0 Å². The third-order valence-electron chi connectivity index (χ3n) is 3.60. The molecule has 1 aliphatic rings. The zero-order valence-electron chi connectivity index (χ0n) is 12.0. The standard InChI is InChI=1S/C16H22N4/c1-4-7-12-14(5-2)20-15(13-10-8-9-11-13)18-19-16(20)17-6-3/h4-7,12-13H,1,3,8-11H2,2H3,(H,17,19)/b12-7-,14-5+. The van der Waals surface area contributed by atoms with Crippen molar-refractivity contribution < 1.29 is 0 Å². The van der Waals surface area contributed by atoms with Gasteiger partial charge in [-0.3, -0.25) is 4.57 Å². The number of nitrogens with zero attached hydrogens (tertiary/aromatic N) is 3. The van der Waals surface area contributed by atoms with Crippen LogP contribution >= 0.6 is 0 Å².